The van der Waals surface area contributed by atoms with Gasteiger partial charge in [0, 0.05) is 32.1 Å². The average molecular weight is 408 g/mol. The Morgan fingerprint density at radius 2 is 1.57 bits per heavy atom. The lowest BCUT2D eigenvalue weighted by Crippen LogP contribution is -2.49. The maximum atomic E-state index is 12.8. The Balaban J connectivity index is 1.54. The average Bonchev–Trinajstić information content (AvgIpc) is 2.70. The minimum absolute atomic E-state index is 0.0191. The number of hydrogen-bond donors (Lipinski definition) is 2. The van der Waals surface area contributed by atoms with Gasteiger partial charge in [0.15, 0.2) is 0 Å². The zero-order valence-corrected chi connectivity index (χ0v) is 17.1. The first kappa shape index (κ1) is 20.8. The van der Waals surface area contributed by atoms with Gasteiger partial charge in [-0.25, -0.2) is 8.42 Å². The van der Waals surface area contributed by atoms with Crippen LogP contribution in [0.1, 0.15) is 45.4 Å². The molecule has 3 rings (SSSR count). The van der Waals surface area contributed by atoms with E-state index in [0.29, 0.717) is 19.4 Å². The fourth-order valence-corrected chi connectivity index (χ4v) is 5.65. The second-order valence-electron chi connectivity index (χ2n) is 7.77. The van der Waals surface area contributed by atoms with Crippen LogP contribution in [0.4, 0.5) is 0 Å². The standard InChI is InChI=1S/C20H29N3O4S/c1-15(24)21-17-9-11-18(12-10-17)22-20(25)16-6-5-13-23(14-16)28(26,27)19-7-3-2-4-8-19/h2-4,7-8,16-18H,5-6,9-14H2,1H3,(H,21,24)(H,22,25)/t16-,17-,18-/m0/s1. The van der Waals surface area contributed by atoms with Gasteiger partial charge >= 0.3 is 0 Å². The first-order valence-electron chi connectivity index (χ1n) is 9.99. The molecule has 8 heteroatoms. The quantitative estimate of drug-likeness (QED) is 0.776. The van der Waals surface area contributed by atoms with Crippen molar-refractivity contribution in [1.82, 2.24) is 14.9 Å². The van der Waals surface area contributed by atoms with Gasteiger partial charge < -0.3 is 10.6 Å². The summed E-state index contributed by atoms with van der Waals surface area (Å²) in [5.41, 5.74) is 0. The number of nitrogens with zero attached hydrogens (tertiary/aromatic N) is 1. The highest BCUT2D eigenvalue weighted by Gasteiger charge is 2.34. The molecule has 0 spiro atoms. The maximum Gasteiger partial charge on any atom is 0.243 e. The van der Waals surface area contributed by atoms with E-state index in [2.05, 4.69) is 10.6 Å². The Morgan fingerprint density at radius 3 is 2.18 bits per heavy atom. The fraction of sp³-hybridized carbons (Fsp3) is 0.600. The predicted molar refractivity (Wildman–Crippen MR) is 106 cm³/mol. The Bertz CT molecular complexity index is 789. The zero-order chi connectivity index (χ0) is 20.1. The van der Waals surface area contributed by atoms with Crippen molar-refractivity contribution < 1.29 is 18.0 Å². The largest absolute Gasteiger partial charge is 0.354 e. The summed E-state index contributed by atoms with van der Waals surface area (Å²) >= 11 is 0. The molecule has 0 aromatic heterocycles. The molecule has 1 aromatic carbocycles. The number of rotatable bonds is 5. The van der Waals surface area contributed by atoms with Crippen LogP contribution in [0.5, 0.6) is 0 Å². The van der Waals surface area contributed by atoms with E-state index in [9.17, 15) is 18.0 Å². The van der Waals surface area contributed by atoms with Crippen molar-refractivity contribution >= 4 is 21.8 Å². The highest BCUT2D eigenvalue weighted by atomic mass is 32.2. The summed E-state index contributed by atoms with van der Waals surface area (Å²) in [6.45, 7) is 2.19. The van der Waals surface area contributed by atoms with Gasteiger partial charge in [0.1, 0.15) is 0 Å². The van der Waals surface area contributed by atoms with Crippen molar-refractivity contribution in [2.75, 3.05) is 13.1 Å². The summed E-state index contributed by atoms with van der Waals surface area (Å²) in [6, 6.07) is 8.66. The summed E-state index contributed by atoms with van der Waals surface area (Å²) in [5.74, 6) is -0.398. The summed E-state index contributed by atoms with van der Waals surface area (Å²) in [4.78, 5) is 24.2. The van der Waals surface area contributed by atoms with Crippen LogP contribution in [-0.4, -0.2) is 49.7 Å². The van der Waals surface area contributed by atoms with E-state index < -0.39 is 10.0 Å². The third kappa shape index (κ3) is 5.11. The number of nitrogens with one attached hydrogen (secondary N) is 2. The monoisotopic (exact) mass is 407 g/mol. The smallest absolute Gasteiger partial charge is 0.243 e. The number of amides is 2. The molecular weight excluding hydrogens is 378 g/mol. The number of hydrogen-bond acceptors (Lipinski definition) is 4. The number of carbonyl (C=O) groups excluding carboxylic acids is 2. The van der Waals surface area contributed by atoms with Crippen LogP contribution >= 0.6 is 0 Å². The molecule has 7 nitrogen and oxygen atoms in total. The highest BCUT2D eigenvalue weighted by Crippen LogP contribution is 2.25. The molecule has 0 unspecified atom stereocenters. The first-order chi connectivity index (χ1) is 13.4. The Morgan fingerprint density at radius 1 is 0.964 bits per heavy atom. The van der Waals surface area contributed by atoms with Crippen LogP contribution in [0.15, 0.2) is 35.2 Å². The summed E-state index contributed by atoms with van der Waals surface area (Å²) in [5, 5.41) is 6.03. The number of sulfonamides is 1. The fourth-order valence-electron chi connectivity index (χ4n) is 4.10. The molecule has 1 aromatic rings. The van der Waals surface area contributed by atoms with Gasteiger partial charge in [-0.05, 0) is 50.7 Å². The van der Waals surface area contributed by atoms with Gasteiger partial charge in [0.25, 0.3) is 0 Å². The van der Waals surface area contributed by atoms with Crippen LogP contribution in [0.2, 0.25) is 0 Å². The van der Waals surface area contributed by atoms with Crippen molar-refractivity contribution in [3.63, 3.8) is 0 Å². The normalized spacial score (nSPS) is 26.4. The van der Waals surface area contributed by atoms with Gasteiger partial charge in [0.2, 0.25) is 21.8 Å². The SMILES string of the molecule is CC(=O)N[C@H]1CC[C@H](NC(=O)[C@H]2CCCN(S(=O)(=O)c3ccccc3)C2)CC1. The van der Waals surface area contributed by atoms with Crippen LogP contribution in [-0.2, 0) is 19.6 Å². The van der Waals surface area contributed by atoms with E-state index in [1.165, 1.54) is 11.2 Å². The van der Waals surface area contributed by atoms with E-state index in [0.717, 1.165) is 25.7 Å². The molecule has 1 aliphatic carbocycles. The molecule has 1 aliphatic heterocycles. The minimum atomic E-state index is -3.57. The topological polar surface area (TPSA) is 95.6 Å². The van der Waals surface area contributed by atoms with E-state index in [1.54, 1.807) is 30.3 Å². The molecule has 1 saturated carbocycles. The lowest BCUT2D eigenvalue weighted by molar-refractivity contribution is -0.127. The Labute approximate surface area is 166 Å². The van der Waals surface area contributed by atoms with Crippen LogP contribution in [0.3, 0.4) is 0 Å². The molecule has 0 bridgehead atoms. The number of piperidine rings is 1. The Hall–Kier alpha value is -1.93. The molecule has 0 radical (unpaired) electrons. The molecule has 2 fully saturated rings. The zero-order valence-electron chi connectivity index (χ0n) is 16.3. The summed E-state index contributed by atoms with van der Waals surface area (Å²) < 4.78 is 27.1. The Kier molecular flexibility index (Phi) is 6.72. The second kappa shape index (κ2) is 9.05. The summed E-state index contributed by atoms with van der Waals surface area (Å²) in [6.07, 6.45) is 4.74. The lowest BCUT2D eigenvalue weighted by atomic mass is 9.90. The predicted octanol–water partition coefficient (Wildman–Crippen LogP) is 1.65. The van der Waals surface area contributed by atoms with Crippen molar-refractivity contribution in [2.45, 2.75) is 62.4 Å². The molecule has 154 valence electrons. The minimum Gasteiger partial charge on any atom is -0.354 e. The van der Waals surface area contributed by atoms with E-state index in [4.69, 9.17) is 0 Å². The van der Waals surface area contributed by atoms with E-state index >= 15 is 0 Å². The molecule has 1 atom stereocenters. The van der Waals surface area contributed by atoms with Gasteiger partial charge in [-0.1, -0.05) is 18.2 Å². The molecule has 2 aliphatic rings. The second-order valence-corrected chi connectivity index (χ2v) is 9.71. The van der Waals surface area contributed by atoms with Crippen molar-refractivity contribution in [3.8, 4) is 0 Å². The molecule has 1 heterocycles. The van der Waals surface area contributed by atoms with Gasteiger partial charge in [-0.3, -0.25) is 9.59 Å². The highest BCUT2D eigenvalue weighted by molar-refractivity contribution is 7.89. The van der Waals surface area contributed by atoms with Crippen LogP contribution in [0, 0.1) is 5.92 Å². The van der Waals surface area contributed by atoms with Crippen LogP contribution in [0.25, 0.3) is 0 Å². The molecule has 2 N–H and O–H groups in total. The third-order valence-corrected chi connectivity index (χ3v) is 7.50. The van der Waals surface area contributed by atoms with Crippen molar-refractivity contribution in [3.05, 3.63) is 30.3 Å². The lowest BCUT2D eigenvalue weighted by Gasteiger charge is -2.34. The molecule has 1 saturated heterocycles. The molecule has 28 heavy (non-hydrogen) atoms. The maximum absolute atomic E-state index is 12.8. The van der Waals surface area contributed by atoms with Crippen LogP contribution < -0.4 is 10.6 Å². The van der Waals surface area contributed by atoms with E-state index in [-0.39, 0.29) is 41.3 Å². The molecule has 2 amide bonds. The van der Waals surface area contributed by atoms with Crippen molar-refractivity contribution in [2.24, 2.45) is 5.92 Å². The van der Waals surface area contributed by atoms with Gasteiger partial charge in [-0.15, -0.1) is 0 Å². The number of carbonyl (C=O) groups is 2. The summed E-state index contributed by atoms with van der Waals surface area (Å²) in [7, 11) is -3.57. The number of benzene rings is 1. The van der Waals surface area contributed by atoms with Gasteiger partial charge in [0.05, 0.1) is 10.8 Å². The molecular formula is C20H29N3O4S. The first-order valence-corrected chi connectivity index (χ1v) is 11.4. The third-order valence-electron chi connectivity index (χ3n) is 5.62. The van der Waals surface area contributed by atoms with E-state index in [1.807, 2.05) is 0 Å². The van der Waals surface area contributed by atoms with Crippen molar-refractivity contribution in [1.29, 1.82) is 0 Å². The van der Waals surface area contributed by atoms with Gasteiger partial charge in [-0.2, -0.15) is 4.31 Å².